The summed E-state index contributed by atoms with van der Waals surface area (Å²) in [5.41, 5.74) is 6.81. The Kier molecular flexibility index (Phi) is 5.75. The van der Waals surface area contributed by atoms with Crippen LogP contribution in [0.1, 0.15) is 24.8 Å². The number of benzene rings is 1. The molecule has 1 aromatic rings. The lowest BCUT2D eigenvalue weighted by Crippen LogP contribution is -2.37. The minimum atomic E-state index is 0.424. The number of ether oxygens (including phenoxy) is 3. The minimum Gasteiger partial charge on any atom is -0.493 e. The first-order valence-corrected chi connectivity index (χ1v) is 7.51. The molecule has 2 rings (SSSR count). The predicted molar refractivity (Wildman–Crippen MR) is 86.8 cm³/mol. The van der Waals surface area contributed by atoms with Gasteiger partial charge in [-0.15, -0.1) is 0 Å². The van der Waals surface area contributed by atoms with E-state index in [-0.39, 0.29) is 0 Å². The summed E-state index contributed by atoms with van der Waals surface area (Å²) in [6.07, 6.45) is 3.89. The van der Waals surface area contributed by atoms with Gasteiger partial charge in [-0.2, -0.15) is 0 Å². The van der Waals surface area contributed by atoms with Gasteiger partial charge in [-0.3, -0.25) is 0 Å². The number of nitrogens with two attached hydrogens (primary N) is 1. The molecule has 0 bridgehead atoms. The van der Waals surface area contributed by atoms with Gasteiger partial charge in [-0.1, -0.05) is 6.42 Å². The second kappa shape index (κ2) is 7.77. The smallest absolute Gasteiger partial charge is 0.203 e. The molecule has 0 aliphatic heterocycles. The lowest BCUT2D eigenvalue weighted by Gasteiger charge is -2.25. The zero-order valence-electron chi connectivity index (χ0n) is 13.5. The quantitative estimate of drug-likeness (QED) is 0.594. The molecule has 0 spiro atoms. The molecule has 0 atom stereocenters. The molecule has 0 saturated heterocycles. The SMILES string of the molecule is COc1ccc(CN=C(N)NCC2CCC2)c(OC)c1OC. The maximum absolute atomic E-state index is 5.91. The van der Waals surface area contributed by atoms with Gasteiger partial charge in [-0.25, -0.2) is 4.99 Å². The second-order valence-corrected chi connectivity index (χ2v) is 5.37. The molecule has 0 amide bonds. The maximum atomic E-state index is 5.91. The Labute approximate surface area is 131 Å². The summed E-state index contributed by atoms with van der Waals surface area (Å²) in [7, 11) is 4.78. The molecule has 0 aromatic heterocycles. The third-order valence-electron chi connectivity index (χ3n) is 4.00. The van der Waals surface area contributed by atoms with Gasteiger partial charge in [-0.05, 0) is 30.9 Å². The fourth-order valence-corrected chi connectivity index (χ4v) is 2.46. The van der Waals surface area contributed by atoms with Gasteiger partial charge in [0.25, 0.3) is 0 Å². The predicted octanol–water partition coefficient (Wildman–Crippen LogP) is 1.92. The standard InChI is InChI=1S/C16H25N3O3/c1-20-13-8-7-12(14(21-2)15(13)22-3)10-19-16(17)18-9-11-5-4-6-11/h7-8,11H,4-6,9-10H2,1-3H3,(H3,17,18,19). The van der Waals surface area contributed by atoms with Crippen molar-refractivity contribution in [3.8, 4) is 17.2 Å². The fraction of sp³-hybridized carbons (Fsp3) is 0.562. The van der Waals surface area contributed by atoms with Crippen molar-refractivity contribution in [1.82, 2.24) is 5.32 Å². The fourth-order valence-electron chi connectivity index (χ4n) is 2.46. The van der Waals surface area contributed by atoms with Crippen LogP contribution in [0, 0.1) is 5.92 Å². The van der Waals surface area contributed by atoms with Crippen LogP contribution in [0.4, 0.5) is 0 Å². The van der Waals surface area contributed by atoms with Crippen LogP contribution >= 0.6 is 0 Å². The van der Waals surface area contributed by atoms with E-state index in [9.17, 15) is 0 Å². The highest BCUT2D eigenvalue weighted by Gasteiger charge is 2.17. The summed E-state index contributed by atoms with van der Waals surface area (Å²) in [5, 5.41) is 3.17. The first kappa shape index (κ1) is 16.3. The maximum Gasteiger partial charge on any atom is 0.203 e. The van der Waals surface area contributed by atoms with Crippen molar-refractivity contribution < 1.29 is 14.2 Å². The summed E-state index contributed by atoms with van der Waals surface area (Å²) in [5.74, 6) is 3.02. The Hall–Kier alpha value is -2.11. The van der Waals surface area contributed by atoms with Gasteiger partial charge < -0.3 is 25.3 Å². The van der Waals surface area contributed by atoms with Crippen LogP contribution in [0.15, 0.2) is 17.1 Å². The molecular weight excluding hydrogens is 282 g/mol. The van der Waals surface area contributed by atoms with E-state index in [4.69, 9.17) is 19.9 Å². The largest absolute Gasteiger partial charge is 0.493 e. The van der Waals surface area contributed by atoms with E-state index < -0.39 is 0 Å². The molecule has 0 radical (unpaired) electrons. The van der Waals surface area contributed by atoms with Crippen molar-refractivity contribution in [3.05, 3.63) is 17.7 Å². The highest BCUT2D eigenvalue weighted by molar-refractivity contribution is 5.77. The third-order valence-corrected chi connectivity index (χ3v) is 4.00. The van der Waals surface area contributed by atoms with E-state index >= 15 is 0 Å². The molecular formula is C16H25N3O3. The van der Waals surface area contributed by atoms with Crippen molar-refractivity contribution in [2.45, 2.75) is 25.8 Å². The average Bonchev–Trinajstić information content (AvgIpc) is 2.50. The van der Waals surface area contributed by atoms with E-state index in [1.54, 1.807) is 21.3 Å². The molecule has 1 saturated carbocycles. The Morgan fingerprint density at radius 1 is 1.18 bits per heavy atom. The van der Waals surface area contributed by atoms with Gasteiger partial charge in [0, 0.05) is 12.1 Å². The Morgan fingerprint density at radius 3 is 2.45 bits per heavy atom. The van der Waals surface area contributed by atoms with Crippen LogP contribution in [-0.4, -0.2) is 33.8 Å². The molecule has 1 aliphatic rings. The number of nitrogens with zero attached hydrogens (tertiary/aromatic N) is 1. The first-order chi connectivity index (χ1) is 10.7. The molecule has 1 fully saturated rings. The summed E-state index contributed by atoms with van der Waals surface area (Å²) in [4.78, 5) is 4.37. The molecule has 0 heterocycles. The molecule has 1 aromatic carbocycles. The summed E-state index contributed by atoms with van der Waals surface area (Å²) < 4.78 is 16.1. The average molecular weight is 307 g/mol. The van der Waals surface area contributed by atoms with Crippen LogP contribution in [0.25, 0.3) is 0 Å². The van der Waals surface area contributed by atoms with Gasteiger partial charge in [0.1, 0.15) is 0 Å². The zero-order valence-corrected chi connectivity index (χ0v) is 13.5. The van der Waals surface area contributed by atoms with Gasteiger partial charge >= 0.3 is 0 Å². The van der Waals surface area contributed by atoms with E-state index in [0.29, 0.717) is 29.8 Å². The van der Waals surface area contributed by atoms with Crippen LogP contribution < -0.4 is 25.3 Å². The van der Waals surface area contributed by atoms with Crippen LogP contribution in [-0.2, 0) is 6.54 Å². The van der Waals surface area contributed by atoms with Gasteiger partial charge in [0.05, 0.1) is 27.9 Å². The van der Waals surface area contributed by atoms with E-state index in [1.165, 1.54) is 19.3 Å². The normalized spacial score (nSPS) is 15.1. The number of guanidine groups is 1. The lowest BCUT2D eigenvalue weighted by molar-refractivity contribution is 0.315. The first-order valence-electron chi connectivity index (χ1n) is 7.51. The van der Waals surface area contributed by atoms with E-state index in [2.05, 4.69) is 10.3 Å². The van der Waals surface area contributed by atoms with Gasteiger partial charge in [0.15, 0.2) is 17.5 Å². The second-order valence-electron chi connectivity index (χ2n) is 5.37. The van der Waals surface area contributed by atoms with Crippen LogP contribution in [0.5, 0.6) is 17.2 Å². The third kappa shape index (κ3) is 3.75. The lowest BCUT2D eigenvalue weighted by atomic mass is 9.85. The number of methoxy groups -OCH3 is 3. The molecule has 1 aliphatic carbocycles. The highest BCUT2D eigenvalue weighted by atomic mass is 16.5. The monoisotopic (exact) mass is 307 g/mol. The highest BCUT2D eigenvalue weighted by Crippen LogP contribution is 2.39. The Balaban J connectivity index is 2.04. The number of aliphatic imine (C=N–C) groups is 1. The minimum absolute atomic E-state index is 0.424. The van der Waals surface area contributed by atoms with E-state index in [1.807, 2.05) is 12.1 Å². The van der Waals surface area contributed by atoms with Crippen LogP contribution in [0.3, 0.4) is 0 Å². The van der Waals surface area contributed by atoms with Gasteiger partial charge in [0.2, 0.25) is 5.75 Å². The topological polar surface area (TPSA) is 78.1 Å². The van der Waals surface area contributed by atoms with Crippen molar-refractivity contribution in [2.75, 3.05) is 27.9 Å². The molecule has 6 nitrogen and oxygen atoms in total. The Bertz CT molecular complexity index is 528. The van der Waals surface area contributed by atoms with Crippen molar-refractivity contribution >= 4 is 5.96 Å². The van der Waals surface area contributed by atoms with Crippen molar-refractivity contribution in [1.29, 1.82) is 0 Å². The Morgan fingerprint density at radius 2 is 1.91 bits per heavy atom. The molecule has 122 valence electrons. The number of rotatable bonds is 7. The molecule has 6 heteroatoms. The number of nitrogens with one attached hydrogen (secondary N) is 1. The summed E-state index contributed by atoms with van der Waals surface area (Å²) in [6.45, 7) is 1.32. The zero-order chi connectivity index (χ0) is 15.9. The van der Waals surface area contributed by atoms with Crippen molar-refractivity contribution in [2.24, 2.45) is 16.6 Å². The number of hydrogen-bond donors (Lipinski definition) is 2. The van der Waals surface area contributed by atoms with Crippen molar-refractivity contribution in [3.63, 3.8) is 0 Å². The molecule has 3 N–H and O–H groups in total. The summed E-state index contributed by atoms with van der Waals surface area (Å²) >= 11 is 0. The summed E-state index contributed by atoms with van der Waals surface area (Å²) in [6, 6.07) is 3.74. The van der Waals surface area contributed by atoms with Crippen LogP contribution in [0.2, 0.25) is 0 Å². The molecule has 0 unspecified atom stereocenters. The van der Waals surface area contributed by atoms with E-state index in [0.717, 1.165) is 18.0 Å². The molecule has 22 heavy (non-hydrogen) atoms. The number of hydrogen-bond acceptors (Lipinski definition) is 4.